The number of aromatic nitrogens is 2. The fourth-order valence-electron chi connectivity index (χ4n) is 2.47. The van der Waals surface area contributed by atoms with E-state index in [-0.39, 0.29) is 29.9 Å². The van der Waals surface area contributed by atoms with Crippen molar-refractivity contribution in [2.45, 2.75) is 32.7 Å². The number of likely N-dealkylation sites (tertiary alicyclic amines) is 1. The molecular weight excluding hydrogens is 407 g/mol. The molecule has 1 amide bonds. The molecule has 0 unspecified atom stereocenters. The summed E-state index contributed by atoms with van der Waals surface area (Å²) < 4.78 is 1.81. The highest BCUT2D eigenvalue weighted by Gasteiger charge is 2.17. The van der Waals surface area contributed by atoms with Crippen LogP contribution in [0.25, 0.3) is 0 Å². The molecule has 1 aliphatic heterocycles. The Morgan fingerprint density at radius 2 is 2.09 bits per heavy atom. The van der Waals surface area contributed by atoms with Crippen molar-refractivity contribution in [1.82, 2.24) is 25.3 Å². The van der Waals surface area contributed by atoms with Crippen molar-refractivity contribution < 1.29 is 4.79 Å². The molecule has 0 bridgehead atoms. The highest BCUT2D eigenvalue weighted by molar-refractivity contribution is 14.0. The molecule has 7 nitrogen and oxygen atoms in total. The molecule has 0 aliphatic carbocycles. The average molecular weight is 434 g/mol. The van der Waals surface area contributed by atoms with Gasteiger partial charge in [0.25, 0.3) is 0 Å². The number of hydrogen-bond acceptors (Lipinski definition) is 3. The normalized spacial score (nSPS) is 14.5. The van der Waals surface area contributed by atoms with Crippen molar-refractivity contribution in [2.24, 2.45) is 12.0 Å². The number of hydrogen-bond donors (Lipinski definition) is 2. The Kier molecular flexibility index (Phi) is 8.97. The Bertz CT molecular complexity index is 510. The number of aliphatic imine (C=N–C) groups is 1. The van der Waals surface area contributed by atoms with Gasteiger partial charge in [-0.1, -0.05) is 0 Å². The molecular formula is C15H27IN6O. The van der Waals surface area contributed by atoms with E-state index in [1.807, 2.05) is 29.6 Å². The molecule has 0 saturated carbocycles. The second kappa shape index (κ2) is 10.5. The van der Waals surface area contributed by atoms with Gasteiger partial charge in [-0.15, -0.1) is 24.0 Å². The lowest BCUT2D eigenvalue weighted by Crippen LogP contribution is -2.39. The lowest BCUT2D eigenvalue weighted by Gasteiger charge is -2.16. The number of nitrogens with zero attached hydrogens (tertiary/aromatic N) is 4. The summed E-state index contributed by atoms with van der Waals surface area (Å²) in [5.41, 5.74) is 1.05. The second-order valence-electron chi connectivity index (χ2n) is 5.41. The van der Waals surface area contributed by atoms with Crippen molar-refractivity contribution >= 4 is 35.8 Å². The largest absolute Gasteiger partial charge is 0.357 e. The SMILES string of the molecule is CCNC(=NCc1ccnn1C)NCCC(=O)N1CCCC1.I. The molecule has 1 aliphatic rings. The van der Waals surface area contributed by atoms with Gasteiger partial charge < -0.3 is 15.5 Å². The molecule has 2 heterocycles. The number of aryl methyl sites for hydroxylation is 1. The molecule has 0 atom stereocenters. The van der Waals surface area contributed by atoms with Crippen LogP contribution in [-0.2, 0) is 18.4 Å². The van der Waals surface area contributed by atoms with Gasteiger partial charge in [0.1, 0.15) is 0 Å². The fraction of sp³-hybridized carbons (Fsp3) is 0.667. The van der Waals surface area contributed by atoms with E-state index in [0.717, 1.165) is 44.1 Å². The summed E-state index contributed by atoms with van der Waals surface area (Å²) in [6.45, 7) is 5.80. The predicted molar refractivity (Wildman–Crippen MR) is 102 cm³/mol. The highest BCUT2D eigenvalue weighted by Crippen LogP contribution is 2.08. The van der Waals surface area contributed by atoms with Gasteiger partial charge in [0.05, 0.1) is 12.2 Å². The van der Waals surface area contributed by atoms with Gasteiger partial charge in [0.2, 0.25) is 5.91 Å². The number of rotatable bonds is 6. The van der Waals surface area contributed by atoms with Crippen molar-refractivity contribution in [2.75, 3.05) is 26.2 Å². The third-order valence-corrected chi connectivity index (χ3v) is 3.76. The van der Waals surface area contributed by atoms with Gasteiger partial charge in [-0.05, 0) is 25.8 Å². The topological polar surface area (TPSA) is 74.5 Å². The minimum absolute atomic E-state index is 0. The monoisotopic (exact) mass is 434 g/mol. The summed E-state index contributed by atoms with van der Waals surface area (Å²) >= 11 is 0. The molecule has 2 N–H and O–H groups in total. The highest BCUT2D eigenvalue weighted by atomic mass is 127. The molecule has 8 heteroatoms. The number of carbonyl (C=O) groups excluding carboxylic acids is 1. The summed E-state index contributed by atoms with van der Waals surface area (Å²) in [5, 5.41) is 10.5. The minimum Gasteiger partial charge on any atom is -0.357 e. The van der Waals surface area contributed by atoms with Crippen molar-refractivity contribution in [3.63, 3.8) is 0 Å². The molecule has 1 fully saturated rings. The predicted octanol–water partition coefficient (Wildman–Crippen LogP) is 1.11. The number of nitrogens with one attached hydrogen (secondary N) is 2. The summed E-state index contributed by atoms with van der Waals surface area (Å²) in [4.78, 5) is 18.5. The smallest absolute Gasteiger partial charge is 0.224 e. The Morgan fingerprint density at radius 1 is 1.35 bits per heavy atom. The minimum atomic E-state index is 0. The Hall–Kier alpha value is -1.32. The lowest BCUT2D eigenvalue weighted by atomic mass is 10.3. The van der Waals surface area contributed by atoms with Crippen LogP contribution in [0.15, 0.2) is 17.3 Å². The van der Waals surface area contributed by atoms with E-state index in [1.165, 1.54) is 0 Å². The van der Waals surface area contributed by atoms with Crippen molar-refractivity contribution in [1.29, 1.82) is 0 Å². The zero-order valence-electron chi connectivity index (χ0n) is 13.9. The number of amides is 1. The molecule has 1 saturated heterocycles. The Morgan fingerprint density at radius 3 is 2.70 bits per heavy atom. The zero-order chi connectivity index (χ0) is 15.8. The molecule has 0 radical (unpaired) electrons. The van der Waals surface area contributed by atoms with E-state index in [0.29, 0.717) is 19.5 Å². The van der Waals surface area contributed by atoms with Crippen LogP contribution in [0.1, 0.15) is 31.9 Å². The van der Waals surface area contributed by atoms with Gasteiger partial charge in [0.15, 0.2) is 5.96 Å². The maximum atomic E-state index is 12.0. The van der Waals surface area contributed by atoms with Gasteiger partial charge in [-0.25, -0.2) is 4.99 Å². The second-order valence-corrected chi connectivity index (χ2v) is 5.41. The van der Waals surface area contributed by atoms with Crippen LogP contribution in [0.4, 0.5) is 0 Å². The maximum absolute atomic E-state index is 12.0. The zero-order valence-corrected chi connectivity index (χ0v) is 16.2. The summed E-state index contributed by atoms with van der Waals surface area (Å²) in [6.07, 6.45) is 4.54. The van der Waals surface area contributed by atoms with E-state index < -0.39 is 0 Å². The van der Waals surface area contributed by atoms with Crippen molar-refractivity contribution in [3.8, 4) is 0 Å². The molecule has 130 valence electrons. The molecule has 0 aromatic carbocycles. The summed E-state index contributed by atoms with van der Waals surface area (Å²) in [7, 11) is 1.90. The molecule has 2 rings (SSSR count). The lowest BCUT2D eigenvalue weighted by molar-refractivity contribution is -0.129. The third kappa shape index (κ3) is 6.36. The molecule has 1 aromatic heterocycles. The van der Waals surface area contributed by atoms with E-state index in [4.69, 9.17) is 0 Å². The van der Waals surface area contributed by atoms with Gasteiger partial charge in [-0.3, -0.25) is 9.48 Å². The van der Waals surface area contributed by atoms with Crippen LogP contribution in [-0.4, -0.2) is 52.7 Å². The Balaban J connectivity index is 0.00000264. The molecule has 0 spiro atoms. The standard InChI is InChI=1S/C15H26N6O.HI/c1-3-16-15(18-12-13-6-9-19-20(13)2)17-8-7-14(22)21-10-4-5-11-21;/h6,9H,3-5,7-8,10-12H2,1-2H3,(H2,16,17,18);1H. The third-order valence-electron chi connectivity index (χ3n) is 3.76. The van der Waals surface area contributed by atoms with E-state index in [2.05, 4.69) is 20.7 Å². The first-order valence-corrected chi connectivity index (χ1v) is 7.97. The van der Waals surface area contributed by atoms with Gasteiger partial charge in [0, 0.05) is 45.8 Å². The summed E-state index contributed by atoms with van der Waals surface area (Å²) in [6, 6.07) is 1.95. The van der Waals surface area contributed by atoms with Gasteiger partial charge >= 0.3 is 0 Å². The Labute approximate surface area is 154 Å². The quantitative estimate of drug-likeness (QED) is 0.400. The van der Waals surface area contributed by atoms with E-state index in [1.54, 1.807) is 6.20 Å². The van der Waals surface area contributed by atoms with Crippen LogP contribution >= 0.6 is 24.0 Å². The maximum Gasteiger partial charge on any atom is 0.224 e. The van der Waals surface area contributed by atoms with Crippen LogP contribution in [0.3, 0.4) is 0 Å². The summed E-state index contributed by atoms with van der Waals surface area (Å²) in [5.74, 6) is 0.963. The fourth-order valence-corrected chi connectivity index (χ4v) is 2.47. The average Bonchev–Trinajstić information content (AvgIpc) is 3.16. The number of guanidine groups is 1. The van der Waals surface area contributed by atoms with Crippen molar-refractivity contribution in [3.05, 3.63) is 18.0 Å². The first-order valence-electron chi connectivity index (χ1n) is 7.97. The first-order chi connectivity index (χ1) is 10.7. The van der Waals surface area contributed by atoms with Crippen LogP contribution < -0.4 is 10.6 Å². The first kappa shape index (κ1) is 19.7. The van der Waals surface area contributed by atoms with Crippen LogP contribution in [0, 0.1) is 0 Å². The van der Waals surface area contributed by atoms with E-state index in [9.17, 15) is 4.79 Å². The number of carbonyl (C=O) groups is 1. The van der Waals surface area contributed by atoms with Crippen LogP contribution in [0.2, 0.25) is 0 Å². The molecule has 23 heavy (non-hydrogen) atoms. The molecule has 1 aromatic rings. The number of halogens is 1. The van der Waals surface area contributed by atoms with E-state index >= 15 is 0 Å². The van der Waals surface area contributed by atoms with Crippen LogP contribution in [0.5, 0.6) is 0 Å². The van der Waals surface area contributed by atoms with Gasteiger partial charge in [-0.2, -0.15) is 5.10 Å².